The number of nitrogens with zero attached hydrogens (tertiary/aromatic N) is 3. The summed E-state index contributed by atoms with van der Waals surface area (Å²) in [6.45, 7) is 1.42. The monoisotopic (exact) mass is 195 g/mol. The molecule has 1 aromatic rings. The van der Waals surface area contributed by atoms with Gasteiger partial charge < -0.3 is 9.53 Å². The van der Waals surface area contributed by atoms with Crippen molar-refractivity contribution in [2.24, 2.45) is 5.92 Å². The molecule has 76 valence electrons. The van der Waals surface area contributed by atoms with Gasteiger partial charge in [-0.3, -0.25) is 4.68 Å². The summed E-state index contributed by atoms with van der Waals surface area (Å²) in [6, 6.07) is 0. The Morgan fingerprint density at radius 1 is 1.64 bits per heavy atom. The third kappa shape index (κ3) is 2.17. The van der Waals surface area contributed by atoms with Crippen molar-refractivity contribution >= 4 is 6.29 Å². The summed E-state index contributed by atoms with van der Waals surface area (Å²) in [4.78, 5) is 14.2. The van der Waals surface area contributed by atoms with Crippen LogP contribution in [0.2, 0.25) is 0 Å². The Kier molecular flexibility index (Phi) is 2.88. The second kappa shape index (κ2) is 4.32. The third-order valence-corrected chi connectivity index (χ3v) is 2.45. The van der Waals surface area contributed by atoms with E-state index >= 15 is 0 Å². The molecule has 0 aromatic carbocycles. The van der Waals surface area contributed by atoms with Gasteiger partial charge >= 0.3 is 0 Å². The number of ether oxygens (including phenoxy) is 1. The number of carbonyl (C=O) groups is 1. The highest BCUT2D eigenvalue weighted by Gasteiger charge is 2.25. The quantitative estimate of drug-likeness (QED) is 0.647. The molecule has 1 aromatic heterocycles. The van der Waals surface area contributed by atoms with E-state index in [-0.39, 0.29) is 6.10 Å². The summed E-state index contributed by atoms with van der Waals surface area (Å²) >= 11 is 0. The van der Waals surface area contributed by atoms with Crippen molar-refractivity contribution < 1.29 is 9.53 Å². The van der Waals surface area contributed by atoms with Crippen LogP contribution in [0.5, 0.6) is 0 Å². The molecule has 5 nitrogen and oxygen atoms in total. The van der Waals surface area contributed by atoms with Gasteiger partial charge in [-0.15, -0.1) is 0 Å². The molecule has 0 aliphatic carbocycles. The summed E-state index contributed by atoms with van der Waals surface area (Å²) in [5.74, 6) is 0.390. The molecule has 14 heavy (non-hydrogen) atoms. The lowest BCUT2D eigenvalue weighted by molar-refractivity contribution is -0.108. The van der Waals surface area contributed by atoms with E-state index in [4.69, 9.17) is 4.74 Å². The van der Waals surface area contributed by atoms with Gasteiger partial charge in [0.2, 0.25) is 0 Å². The molecule has 2 heterocycles. The van der Waals surface area contributed by atoms with Gasteiger partial charge in [0.15, 0.2) is 0 Å². The molecule has 0 radical (unpaired) electrons. The molecule has 2 rings (SSSR count). The molecule has 0 amide bonds. The molecule has 1 aliphatic heterocycles. The maximum Gasteiger partial charge on any atom is 0.137 e. The topological polar surface area (TPSA) is 57.0 Å². The van der Waals surface area contributed by atoms with Crippen LogP contribution in [0.1, 0.15) is 12.8 Å². The number of hydrogen-bond acceptors (Lipinski definition) is 4. The maximum atomic E-state index is 10.3. The Balaban J connectivity index is 1.81. The van der Waals surface area contributed by atoms with E-state index in [9.17, 15) is 4.79 Å². The highest BCUT2D eigenvalue weighted by atomic mass is 16.5. The number of aromatic nitrogens is 3. The Labute approximate surface area is 82.1 Å². The number of hydrogen-bond donors (Lipinski definition) is 0. The second-order valence-electron chi connectivity index (χ2n) is 3.58. The van der Waals surface area contributed by atoms with E-state index in [0.29, 0.717) is 18.9 Å². The fraction of sp³-hybridized carbons (Fsp3) is 0.667. The first-order chi connectivity index (χ1) is 6.88. The van der Waals surface area contributed by atoms with Gasteiger partial charge in [-0.05, 0) is 12.3 Å². The minimum Gasteiger partial charge on any atom is -0.376 e. The summed E-state index contributed by atoms with van der Waals surface area (Å²) in [5, 5.41) is 4.01. The Hall–Kier alpha value is -1.23. The van der Waals surface area contributed by atoms with Gasteiger partial charge in [0.25, 0.3) is 0 Å². The van der Waals surface area contributed by atoms with Crippen LogP contribution in [0.3, 0.4) is 0 Å². The highest BCUT2D eigenvalue weighted by molar-refractivity contribution is 5.49. The first-order valence-electron chi connectivity index (χ1n) is 4.76. The summed E-state index contributed by atoms with van der Waals surface area (Å²) in [6.07, 6.45) is 5.88. The molecule has 1 saturated heterocycles. The molecular formula is C9H13N3O2. The maximum absolute atomic E-state index is 10.3. The lowest BCUT2D eigenvalue weighted by atomic mass is 10.0. The minimum atomic E-state index is 0.182. The average Bonchev–Trinajstić information content (AvgIpc) is 2.79. The van der Waals surface area contributed by atoms with Crippen LogP contribution < -0.4 is 0 Å². The normalized spacial score (nSPS) is 26.6. The average molecular weight is 195 g/mol. The first kappa shape index (κ1) is 9.33. The summed E-state index contributed by atoms with van der Waals surface area (Å²) < 4.78 is 7.30. The zero-order valence-electron chi connectivity index (χ0n) is 7.87. The SMILES string of the molecule is O=CCC1COC(Cn2cncn2)C1. The number of carbonyl (C=O) groups excluding carboxylic acids is 1. The van der Waals surface area contributed by atoms with Crippen molar-refractivity contribution in [1.82, 2.24) is 14.8 Å². The van der Waals surface area contributed by atoms with Gasteiger partial charge in [0.05, 0.1) is 19.3 Å². The second-order valence-corrected chi connectivity index (χ2v) is 3.58. The molecule has 0 saturated carbocycles. The zero-order valence-corrected chi connectivity index (χ0v) is 7.87. The lowest BCUT2D eigenvalue weighted by Crippen LogP contribution is -2.15. The van der Waals surface area contributed by atoms with Crippen LogP contribution in [-0.4, -0.2) is 33.8 Å². The Morgan fingerprint density at radius 3 is 3.29 bits per heavy atom. The number of aldehydes is 1. The van der Waals surface area contributed by atoms with E-state index in [1.165, 1.54) is 6.33 Å². The number of rotatable bonds is 4. The molecule has 2 unspecified atom stereocenters. The van der Waals surface area contributed by atoms with Crippen molar-refractivity contribution in [2.75, 3.05) is 6.61 Å². The van der Waals surface area contributed by atoms with Gasteiger partial charge in [0, 0.05) is 6.42 Å². The smallest absolute Gasteiger partial charge is 0.137 e. The van der Waals surface area contributed by atoms with Crippen LogP contribution >= 0.6 is 0 Å². The fourth-order valence-corrected chi connectivity index (χ4v) is 1.74. The molecule has 5 heteroatoms. The highest BCUT2D eigenvalue weighted by Crippen LogP contribution is 2.22. The van der Waals surface area contributed by atoms with Crippen molar-refractivity contribution in [2.45, 2.75) is 25.5 Å². The van der Waals surface area contributed by atoms with E-state index in [2.05, 4.69) is 10.1 Å². The molecule has 0 N–H and O–H groups in total. The van der Waals surface area contributed by atoms with E-state index in [0.717, 1.165) is 19.3 Å². The molecular weight excluding hydrogens is 182 g/mol. The molecule has 0 bridgehead atoms. The third-order valence-electron chi connectivity index (χ3n) is 2.45. The Morgan fingerprint density at radius 2 is 2.57 bits per heavy atom. The molecule has 0 spiro atoms. The Bertz CT molecular complexity index is 286. The van der Waals surface area contributed by atoms with Gasteiger partial charge in [-0.2, -0.15) is 5.10 Å². The predicted octanol–water partition coefficient (Wildman–Crippen LogP) is 0.272. The van der Waals surface area contributed by atoms with Crippen LogP contribution in [-0.2, 0) is 16.1 Å². The van der Waals surface area contributed by atoms with Gasteiger partial charge in [-0.1, -0.05) is 0 Å². The fourth-order valence-electron chi connectivity index (χ4n) is 1.74. The van der Waals surface area contributed by atoms with Crippen LogP contribution in [0.25, 0.3) is 0 Å². The van der Waals surface area contributed by atoms with Crippen molar-refractivity contribution in [3.05, 3.63) is 12.7 Å². The van der Waals surface area contributed by atoms with Gasteiger partial charge in [-0.25, -0.2) is 4.98 Å². The first-order valence-corrected chi connectivity index (χ1v) is 4.76. The molecule has 2 atom stereocenters. The van der Waals surface area contributed by atoms with E-state index < -0.39 is 0 Å². The largest absolute Gasteiger partial charge is 0.376 e. The van der Waals surface area contributed by atoms with Crippen molar-refractivity contribution in [3.8, 4) is 0 Å². The van der Waals surface area contributed by atoms with Crippen LogP contribution in [0.15, 0.2) is 12.7 Å². The van der Waals surface area contributed by atoms with Crippen molar-refractivity contribution in [3.63, 3.8) is 0 Å². The molecule has 1 aliphatic rings. The summed E-state index contributed by atoms with van der Waals surface area (Å²) in [7, 11) is 0. The molecule has 1 fully saturated rings. The lowest BCUT2D eigenvalue weighted by Gasteiger charge is -2.07. The van der Waals surface area contributed by atoms with Crippen molar-refractivity contribution in [1.29, 1.82) is 0 Å². The van der Waals surface area contributed by atoms with Gasteiger partial charge in [0.1, 0.15) is 18.9 Å². The summed E-state index contributed by atoms with van der Waals surface area (Å²) in [5.41, 5.74) is 0. The standard InChI is InChI=1S/C9H13N3O2/c13-2-1-8-3-9(14-5-8)4-12-7-10-6-11-12/h2,6-9H,1,3-5H2. The van der Waals surface area contributed by atoms with E-state index in [1.807, 2.05) is 0 Å². The van der Waals surface area contributed by atoms with Crippen LogP contribution in [0.4, 0.5) is 0 Å². The van der Waals surface area contributed by atoms with E-state index in [1.54, 1.807) is 11.0 Å². The minimum absolute atomic E-state index is 0.182. The predicted molar refractivity (Wildman–Crippen MR) is 48.6 cm³/mol. The zero-order chi connectivity index (χ0) is 9.80. The van der Waals surface area contributed by atoms with Crippen LogP contribution in [0, 0.1) is 5.92 Å².